The molecular weight excluding hydrogens is 393 g/mol. The fourth-order valence-electron chi connectivity index (χ4n) is 4.21. The monoisotopic (exact) mass is 413 g/mol. The van der Waals surface area contributed by atoms with Gasteiger partial charge in [0, 0.05) is 12.1 Å². The first-order valence-corrected chi connectivity index (χ1v) is 10.1. The summed E-state index contributed by atoms with van der Waals surface area (Å²) in [6.45, 7) is 4.10. The molecule has 5 heteroatoms. The standard InChI is InChI=1S/C26H20FNO3/c1-15-7-10-17(11-8-15)14-28-23(18-5-3-4-6-20(18)27)22-24(29)19-13-16(2)9-12-21(19)31-25(22)26(28)30/h3-13,23H,14H2,1-2H3. The Labute approximate surface area is 178 Å². The summed E-state index contributed by atoms with van der Waals surface area (Å²) in [4.78, 5) is 28.4. The van der Waals surface area contributed by atoms with Gasteiger partial charge in [-0.05, 0) is 37.6 Å². The molecule has 2 heterocycles. The number of hydrogen-bond acceptors (Lipinski definition) is 3. The van der Waals surface area contributed by atoms with Gasteiger partial charge in [-0.25, -0.2) is 4.39 Å². The average molecular weight is 413 g/mol. The molecule has 1 atom stereocenters. The van der Waals surface area contributed by atoms with E-state index < -0.39 is 17.8 Å². The Morgan fingerprint density at radius 2 is 1.65 bits per heavy atom. The topological polar surface area (TPSA) is 50.5 Å². The van der Waals surface area contributed by atoms with Gasteiger partial charge in [0.15, 0.2) is 5.43 Å². The molecular formula is C26H20FNO3. The van der Waals surface area contributed by atoms with Gasteiger partial charge in [-0.1, -0.05) is 59.7 Å². The van der Waals surface area contributed by atoms with Gasteiger partial charge in [-0.3, -0.25) is 9.59 Å². The second kappa shape index (κ2) is 7.20. The Balaban J connectivity index is 1.74. The van der Waals surface area contributed by atoms with Gasteiger partial charge in [0.05, 0.1) is 17.0 Å². The van der Waals surface area contributed by atoms with Crippen LogP contribution in [0.4, 0.5) is 4.39 Å². The molecule has 0 N–H and O–H groups in total. The average Bonchev–Trinajstić information content (AvgIpc) is 3.03. The van der Waals surface area contributed by atoms with E-state index in [1.165, 1.54) is 11.0 Å². The summed E-state index contributed by atoms with van der Waals surface area (Å²) in [5, 5.41) is 0.394. The van der Waals surface area contributed by atoms with E-state index in [4.69, 9.17) is 4.42 Å². The molecule has 3 aromatic carbocycles. The van der Waals surface area contributed by atoms with E-state index >= 15 is 0 Å². The highest BCUT2D eigenvalue weighted by Crippen LogP contribution is 2.40. The normalized spacial score (nSPS) is 15.5. The summed E-state index contributed by atoms with van der Waals surface area (Å²) < 4.78 is 20.8. The van der Waals surface area contributed by atoms with Gasteiger partial charge < -0.3 is 9.32 Å². The second-order valence-corrected chi connectivity index (χ2v) is 8.02. The van der Waals surface area contributed by atoms with Gasteiger partial charge in [0.25, 0.3) is 5.91 Å². The van der Waals surface area contributed by atoms with Crippen LogP contribution in [0, 0.1) is 19.7 Å². The van der Waals surface area contributed by atoms with Crippen molar-refractivity contribution in [3.63, 3.8) is 0 Å². The highest BCUT2D eigenvalue weighted by molar-refractivity contribution is 5.99. The molecule has 1 amide bonds. The predicted molar refractivity (Wildman–Crippen MR) is 117 cm³/mol. The molecule has 4 nitrogen and oxygen atoms in total. The van der Waals surface area contributed by atoms with Crippen LogP contribution in [0.15, 0.2) is 75.9 Å². The van der Waals surface area contributed by atoms with Crippen LogP contribution in [0.2, 0.25) is 0 Å². The molecule has 154 valence electrons. The first kappa shape index (κ1) is 19.2. The Kier molecular flexibility index (Phi) is 4.47. The maximum atomic E-state index is 14.9. The van der Waals surface area contributed by atoms with E-state index in [1.54, 1.807) is 30.3 Å². The van der Waals surface area contributed by atoms with Crippen molar-refractivity contribution >= 4 is 16.9 Å². The molecule has 1 aliphatic heterocycles. The van der Waals surface area contributed by atoms with E-state index in [9.17, 15) is 14.0 Å². The molecule has 1 unspecified atom stereocenters. The lowest BCUT2D eigenvalue weighted by atomic mass is 9.97. The van der Waals surface area contributed by atoms with Gasteiger partial charge in [-0.15, -0.1) is 0 Å². The van der Waals surface area contributed by atoms with Crippen LogP contribution in [-0.4, -0.2) is 10.8 Å². The maximum absolute atomic E-state index is 14.9. The van der Waals surface area contributed by atoms with E-state index in [0.29, 0.717) is 11.0 Å². The molecule has 1 aliphatic rings. The molecule has 1 aromatic heterocycles. The number of carbonyl (C=O) groups excluding carboxylic acids is 1. The molecule has 0 saturated heterocycles. The van der Waals surface area contributed by atoms with E-state index in [-0.39, 0.29) is 28.9 Å². The quantitative estimate of drug-likeness (QED) is 0.458. The number of amides is 1. The van der Waals surface area contributed by atoms with Gasteiger partial charge >= 0.3 is 0 Å². The highest BCUT2D eigenvalue weighted by Gasteiger charge is 2.43. The SMILES string of the molecule is Cc1ccc(CN2C(=O)c3oc4ccc(C)cc4c(=O)c3C2c2ccccc2F)cc1. The van der Waals surface area contributed by atoms with Crippen LogP contribution in [0.3, 0.4) is 0 Å². The smallest absolute Gasteiger partial charge is 0.291 e. The third-order valence-corrected chi connectivity index (χ3v) is 5.79. The summed E-state index contributed by atoms with van der Waals surface area (Å²) in [5.41, 5.74) is 3.43. The molecule has 0 spiro atoms. The molecule has 31 heavy (non-hydrogen) atoms. The number of benzene rings is 3. The summed E-state index contributed by atoms with van der Waals surface area (Å²) in [7, 11) is 0. The lowest BCUT2D eigenvalue weighted by Gasteiger charge is -2.25. The van der Waals surface area contributed by atoms with Crippen LogP contribution in [0.5, 0.6) is 0 Å². The molecule has 0 bridgehead atoms. The largest absolute Gasteiger partial charge is 0.450 e. The van der Waals surface area contributed by atoms with E-state index in [2.05, 4.69) is 0 Å². The molecule has 4 aromatic rings. The van der Waals surface area contributed by atoms with Crippen LogP contribution >= 0.6 is 0 Å². The number of halogens is 1. The minimum atomic E-state index is -0.855. The molecule has 0 fully saturated rings. The van der Waals surface area contributed by atoms with E-state index in [1.807, 2.05) is 44.2 Å². The maximum Gasteiger partial charge on any atom is 0.291 e. The summed E-state index contributed by atoms with van der Waals surface area (Å²) >= 11 is 0. The van der Waals surface area contributed by atoms with Crippen molar-refractivity contribution in [2.24, 2.45) is 0 Å². The zero-order valence-corrected chi connectivity index (χ0v) is 17.2. The number of nitrogens with zero attached hydrogens (tertiary/aromatic N) is 1. The van der Waals surface area contributed by atoms with Gasteiger partial charge in [-0.2, -0.15) is 0 Å². The minimum Gasteiger partial charge on any atom is -0.450 e. The lowest BCUT2D eigenvalue weighted by Crippen LogP contribution is -2.29. The van der Waals surface area contributed by atoms with E-state index in [0.717, 1.165) is 16.7 Å². The molecule has 0 saturated carbocycles. The van der Waals surface area contributed by atoms with Crippen molar-refractivity contribution < 1.29 is 13.6 Å². The fourth-order valence-corrected chi connectivity index (χ4v) is 4.21. The summed E-state index contributed by atoms with van der Waals surface area (Å²) in [6, 6.07) is 18.4. The van der Waals surface area contributed by atoms with Crippen molar-refractivity contribution in [2.45, 2.75) is 26.4 Å². The molecule has 5 rings (SSSR count). The summed E-state index contributed by atoms with van der Waals surface area (Å²) in [5.74, 6) is -0.893. The Morgan fingerprint density at radius 3 is 2.39 bits per heavy atom. The Hall–Kier alpha value is -3.73. The van der Waals surface area contributed by atoms with Crippen molar-refractivity contribution in [3.8, 4) is 0 Å². The third-order valence-electron chi connectivity index (χ3n) is 5.79. The van der Waals surface area contributed by atoms with Gasteiger partial charge in [0.2, 0.25) is 5.76 Å². The third kappa shape index (κ3) is 3.13. The number of hydrogen-bond donors (Lipinski definition) is 0. The number of rotatable bonds is 3. The predicted octanol–water partition coefficient (Wildman–Crippen LogP) is 5.29. The van der Waals surface area contributed by atoms with Crippen molar-refractivity contribution in [3.05, 3.63) is 116 Å². The number of carbonyl (C=O) groups is 1. The zero-order chi connectivity index (χ0) is 21.7. The molecule has 0 aliphatic carbocycles. The zero-order valence-electron chi connectivity index (χ0n) is 17.2. The first-order chi connectivity index (χ1) is 14.9. The highest BCUT2D eigenvalue weighted by atomic mass is 19.1. The van der Waals surface area contributed by atoms with Crippen LogP contribution < -0.4 is 5.43 Å². The lowest BCUT2D eigenvalue weighted by molar-refractivity contribution is 0.0712. The summed E-state index contributed by atoms with van der Waals surface area (Å²) in [6.07, 6.45) is 0. The van der Waals surface area contributed by atoms with Crippen molar-refractivity contribution in [2.75, 3.05) is 0 Å². The van der Waals surface area contributed by atoms with Crippen molar-refractivity contribution in [1.29, 1.82) is 0 Å². The van der Waals surface area contributed by atoms with Gasteiger partial charge in [0.1, 0.15) is 11.4 Å². The minimum absolute atomic E-state index is 0.0123. The number of aryl methyl sites for hydroxylation is 2. The Bertz CT molecular complexity index is 1390. The molecule has 0 radical (unpaired) electrons. The van der Waals surface area contributed by atoms with Crippen LogP contribution in [0.25, 0.3) is 11.0 Å². The fraction of sp³-hybridized carbons (Fsp3) is 0.154. The number of fused-ring (bicyclic) bond motifs is 2. The van der Waals surface area contributed by atoms with Crippen LogP contribution in [0.1, 0.15) is 44.4 Å². The second-order valence-electron chi connectivity index (χ2n) is 8.02. The van der Waals surface area contributed by atoms with Crippen LogP contribution in [-0.2, 0) is 6.54 Å². The first-order valence-electron chi connectivity index (χ1n) is 10.1. The van der Waals surface area contributed by atoms with Crippen molar-refractivity contribution in [1.82, 2.24) is 4.90 Å². The Morgan fingerprint density at radius 1 is 0.935 bits per heavy atom.